The predicted molar refractivity (Wildman–Crippen MR) is 48.4 cm³/mol. The summed E-state index contributed by atoms with van der Waals surface area (Å²) in [5.74, 6) is -0.780. The summed E-state index contributed by atoms with van der Waals surface area (Å²) >= 11 is 3.10. The van der Waals surface area contributed by atoms with Gasteiger partial charge in [-0.3, -0.25) is 4.79 Å². The molecule has 12 heavy (non-hydrogen) atoms. The maximum absolute atomic E-state index is 13.0. The lowest BCUT2D eigenvalue weighted by Gasteiger charge is -1.99. The number of hydrogen-bond acceptors (Lipinski definition) is 1. The molecule has 0 aliphatic rings. The molecule has 0 spiro atoms. The Bertz CT molecular complexity index is 309. The van der Waals surface area contributed by atoms with Gasteiger partial charge in [0.1, 0.15) is 5.82 Å². The first-order valence-electron chi connectivity index (χ1n) is 3.42. The fourth-order valence-electron chi connectivity index (χ4n) is 0.850. The number of Topliss-reactive ketones (excluding diaryl/α,β-unsaturated/α-hetero) is 1. The third kappa shape index (κ3) is 1.91. The van der Waals surface area contributed by atoms with Crippen LogP contribution in [0.5, 0.6) is 0 Å². The number of benzene rings is 1. The van der Waals surface area contributed by atoms with Crippen molar-refractivity contribution in [1.82, 2.24) is 0 Å². The highest BCUT2D eigenvalue weighted by atomic mass is 79.9. The average molecular weight is 230 g/mol. The van der Waals surface area contributed by atoms with E-state index in [1.165, 1.54) is 12.1 Å². The van der Waals surface area contributed by atoms with Gasteiger partial charge in [-0.05, 0) is 25.1 Å². The van der Waals surface area contributed by atoms with E-state index < -0.39 is 5.82 Å². The van der Waals surface area contributed by atoms with Crippen molar-refractivity contribution >= 4 is 21.7 Å². The lowest BCUT2D eigenvalue weighted by molar-refractivity contribution is 0.0991. The number of rotatable bonds is 2. The highest BCUT2D eigenvalue weighted by Crippen LogP contribution is 2.16. The molecule has 1 radical (unpaired) electrons. The first kappa shape index (κ1) is 9.39. The molecule has 0 heterocycles. The lowest BCUT2D eigenvalue weighted by atomic mass is 10.1. The van der Waals surface area contributed by atoms with Crippen molar-refractivity contribution < 1.29 is 9.18 Å². The van der Waals surface area contributed by atoms with Gasteiger partial charge in [-0.1, -0.05) is 15.9 Å². The van der Waals surface area contributed by atoms with Crippen molar-refractivity contribution in [3.63, 3.8) is 0 Å². The third-order valence-corrected chi connectivity index (χ3v) is 1.95. The predicted octanol–water partition coefficient (Wildman–Crippen LogP) is 3.00. The Morgan fingerprint density at radius 3 is 2.75 bits per heavy atom. The zero-order valence-electron chi connectivity index (χ0n) is 6.31. The van der Waals surface area contributed by atoms with Gasteiger partial charge < -0.3 is 0 Å². The highest BCUT2D eigenvalue weighted by Gasteiger charge is 2.08. The van der Waals surface area contributed by atoms with Crippen molar-refractivity contribution in [2.45, 2.75) is 6.42 Å². The van der Waals surface area contributed by atoms with E-state index in [4.69, 9.17) is 0 Å². The van der Waals surface area contributed by atoms with Gasteiger partial charge in [-0.2, -0.15) is 0 Å². The Morgan fingerprint density at radius 2 is 2.25 bits per heavy atom. The fourth-order valence-corrected chi connectivity index (χ4v) is 1.18. The van der Waals surface area contributed by atoms with Gasteiger partial charge in [0.15, 0.2) is 5.78 Å². The largest absolute Gasteiger partial charge is 0.294 e. The molecule has 0 aliphatic heterocycles. The Morgan fingerprint density at radius 1 is 1.58 bits per heavy atom. The van der Waals surface area contributed by atoms with E-state index in [1.54, 1.807) is 6.07 Å². The minimum Gasteiger partial charge on any atom is -0.294 e. The van der Waals surface area contributed by atoms with Gasteiger partial charge in [0, 0.05) is 10.9 Å². The molecule has 0 amide bonds. The van der Waals surface area contributed by atoms with Crippen molar-refractivity contribution in [1.29, 1.82) is 0 Å². The number of carbonyl (C=O) groups excluding carboxylic acids is 1. The molecule has 0 bridgehead atoms. The normalized spacial score (nSPS) is 9.92. The van der Waals surface area contributed by atoms with Crippen LogP contribution < -0.4 is 0 Å². The monoisotopic (exact) mass is 229 g/mol. The van der Waals surface area contributed by atoms with Gasteiger partial charge >= 0.3 is 0 Å². The van der Waals surface area contributed by atoms with Crippen LogP contribution in [-0.2, 0) is 0 Å². The highest BCUT2D eigenvalue weighted by molar-refractivity contribution is 9.10. The summed E-state index contributed by atoms with van der Waals surface area (Å²) in [4.78, 5) is 11.0. The van der Waals surface area contributed by atoms with Crippen molar-refractivity contribution in [3.05, 3.63) is 41.0 Å². The van der Waals surface area contributed by atoms with Gasteiger partial charge in [-0.25, -0.2) is 4.39 Å². The SMILES string of the molecule is [CH2]CC(=O)c1ccc(Br)cc1F. The summed E-state index contributed by atoms with van der Waals surface area (Å²) in [5.41, 5.74) is 0.105. The summed E-state index contributed by atoms with van der Waals surface area (Å²) in [6.07, 6.45) is 0.0819. The Labute approximate surface area is 78.7 Å². The van der Waals surface area contributed by atoms with Crippen LogP contribution in [0.1, 0.15) is 16.8 Å². The zero-order chi connectivity index (χ0) is 9.14. The molecule has 1 aromatic rings. The number of ketones is 1. The second-order valence-corrected chi connectivity index (χ2v) is 3.21. The topological polar surface area (TPSA) is 17.1 Å². The second-order valence-electron chi connectivity index (χ2n) is 2.30. The molecule has 0 saturated heterocycles. The molecule has 0 saturated carbocycles. The van der Waals surface area contributed by atoms with E-state index in [0.717, 1.165) is 0 Å². The summed E-state index contributed by atoms with van der Waals surface area (Å²) < 4.78 is 13.6. The third-order valence-electron chi connectivity index (χ3n) is 1.46. The maximum Gasteiger partial charge on any atom is 0.165 e. The first-order chi connectivity index (χ1) is 5.65. The van der Waals surface area contributed by atoms with Gasteiger partial charge in [0.25, 0.3) is 0 Å². The van der Waals surface area contributed by atoms with Crippen molar-refractivity contribution in [2.24, 2.45) is 0 Å². The molecular weight excluding hydrogens is 223 g/mol. The zero-order valence-corrected chi connectivity index (χ0v) is 7.90. The van der Waals surface area contributed by atoms with Crippen LogP contribution in [-0.4, -0.2) is 5.78 Å². The minimum atomic E-state index is -0.502. The van der Waals surface area contributed by atoms with E-state index >= 15 is 0 Å². The molecule has 1 nitrogen and oxygen atoms in total. The molecule has 0 aromatic heterocycles. The summed E-state index contributed by atoms with van der Waals surface area (Å²) in [6.45, 7) is 3.40. The Kier molecular flexibility index (Phi) is 2.98. The molecule has 0 atom stereocenters. The second kappa shape index (κ2) is 3.81. The van der Waals surface area contributed by atoms with Gasteiger partial charge in [0.05, 0.1) is 5.56 Å². The molecular formula is C9H7BrFO. The molecule has 3 heteroatoms. The summed E-state index contributed by atoms with van der Waals surface area (Å²) in [5, 5.41) is 0. The van der Waals surface area contributed by atoms with Crippen LogP contribution in [0.25, 0.3) is 0 Å². The van der Waals surface area contributed by atoms with Crippen LogP contribution >= 0.6 is 15.9 Å². The van der Waals surface area contributed by atoms with Crippen LogP contribution in [0.4, 0.5) is 4.39 Å². The van der Waals surface area contributed by atoms with E-state index in [2.05, 4.69) is 22.9 Å². The van der Waals surface area contributed by atoms with E-state index in [9.17, 15) is 9.18 Å². The molecule has 1 rings (SSSR count). The minimum absolute atomic E-state index is 0.0819. The number of halogens is 2. The van der Waals surface area contributed by atoms with E-state index in [0.29, 0.717) is 4.47 Å². The van der Waals surface area contributed by atoms with Gasteiger partial charge in [-0.15, -0.1) is 0 Å². The molecule has 1 aromatic carbocycles. The molecule has 0 aliphatic carbocycles. The molecule has 63 valence electrons. The van der Waals surface area contributed by atoms with Crippen LogP contribution in [0, 0.1) is 12.7 Å². The maximum atomic E-state index is 13.0. The van der Waals surface area contributed by atoms with Crippen molar-refractivity contribution in [3.8, 4) is 0 Å². The standard InChI is InChI=1S/C9H7BrFO/c1-2-9(12)7-4-3-6(10)5-8(7)11/h3-5H,1-2H2. The lowest BCUT2D eigenvalue weighted by Crippen LogP contribution is -1.99. The smallest absolute Gasteiger partial charge is 0.165 e. The molecule has 0 unspecified atom stereocenters. The summed E-state index contributed by atoms with van der Waals surface area (Å²) in [6, 6.07) is 4.35. The van der Waals surface area contributed by atoms with Crippen molar-refractivity contribution in [2.75, 3.05) is 0 Å². The first-order valence-corrected chi connectivity index (χ1v) is 4.22. The average Bonchev–Trinajstić information content (AvgIpc) is 2.03. The Hall–Kier alpha value is -0.700. The van der Waals surface area contributed by atoms with Crippen LogP contribution in [0.2, 0.25) is 0 Å². The van der Waals surface area contributed by atoms with Crippen LogP contribution in [0.3, 0.4) is 0 Å². The fraction of sp³-hybridized carbons (Fsp3) is 0.111. The van der Waals surface area contributed by atoms with Gasteiger partial charge in [0.2, 0.25) is 0 Å². The van der Waals surface area contributed by atoms with Crippen LogP contribution in [0.15, 0.2) is 22.7 Å². The quantitative estimate of drug-likeness (QED) is 0.713. The van der Waals surface area contributed by atoms with E-state index in [-0.39, 0.29) is 17.8 Å². The number of hydrogen-bond donors (Lipinski definition) is 0. The summed E-state index contributed by atoms with van der Waals surface area (Å²) in [7, 11) is 0. The molecule has 0 fully saturated rings. The molecule has 0 N–H and O–H groups in total. The number of carbonyl (C=O) groups is 1. The van der Waals surface area contributed by atoms with E-state index in [1.807, 2.05) is 0 Å². The Balaban J connectivity index is 3.09.